The Balaban J connectivity index is 1.94. The zero-order chi connectivity index (χ0) is 13.7. The van der Waals surface area contributed by atoms with E-state index in [9.17, 15) is 4.79 Å². The molecule has 0 aromatic heterocycles. The minimum absolute atomic E-state index is 0.176. The third-order valence-corrected chi connectivity index (χ3v) is 3.47. The van der Waals surface area contributed by atoms with Crippen molar-refractivity contribution >= 4 is 5.97 Å². The maximum atomic E-state index is 11.8. The summed E-state index contributed by atoms with van der Waals surface area (Å²) >= 11 is 0. The minimum Gasteiger partial charge on any atom is -0.468 e. The number of carbonyl (C=O) groups excluding carboxylic acids is 1. The number of nitrogens with one attached hydrogen (secondary N) is 1. The molecule has 1 atom stereocenters. The van der Waals surface area contributed by atoms with Crippen LogP contribution in [0.4, 0.5) is 0 Å². The van der Waals surface area contributed by atoms with E-state index in [1.54, 1.807) is 0 Å². The predicted molar refractivity (Wildman–Crippen MR) is 74.7 cm³/mol. The van der Waals surface area contributed by atoms with E-state index in [-0.39, 0.29) is 12.0 Å². The van der Waals surface area contributed by atoms with Gasteiger partial charge in [0.05, 0.1) is 7.11 Å². The smallest absolute Gasteiger partial charge is 0.324 e. The first kappa shape index (κ1) is 14.0. The fraction of sp³-hybridized carbons (Fsp3) is 0.533. The fourth-order valence-corrected chi connectivity index (χ4v) is 2.47. The molecule has 0 aliphatic carbocycles. The maximum Gasteiger partial charge on any atom is 0.324 e. The van der Waals surface area contributed by atoms with Gasteiger partial charge in [-0.05, 0) is 24.1 Å². The van der Waals surface area contributed by atoms with E-state index in [1.165, 1.54) is 18.2 Å². The van der Waals surface area contributed by atoms with E-state index in [0.717, 1.165) is 26.1 Å². The molecule has 1 unspecified atom stereocenters. The van der Waals surface area contributed by atoms with Crippen LogP contribution in [0.1, 0.15) is 24.5 Å². The molecule has 0 saturated carbocycles. The summed E-state index contributed by atoms with van der Waals surface area (Å²) in [4.78, 5) is 14.1. The van der Waals surface area contributed by atoms with E-state index >= 15 is 0 Å². The van der Waals surface area contributed by atoms with Crippen molar-refractivity contribution in [2.75, 3.05) is 20.2 Å². The van der Waals surface area contributed by atoms with Gasteiger partial charge in [-0.2, -0.15) is 0 Å². The number of rotatable bonds is 6. The first-order valence-electron chi connectivity index (χ1n) is 6.85. The average Bonchev–Trinajstić information content (AvgIpc) is 2.84. The van der Waals surface area contributed by atoms with Gasteiger partial charge in [-0.3, -0.25) is 9.69 Å². The Kier molecular flexibility index (Phi) is 4.93. The molecule has 1 aromatic carbocycles. The number of ether oxygens (including phenoxy) is 1. The van der Waals surface area contributed by atoms with Crippen molar-refractivity contribution in [1.82, 2.24) is 10.2 Å². The third kappa shape index (κ3) is 3.55. The fourth-order valence-electron chi connectivity index (χ4n) is 2.47. The third-order valence-electron chi connectivity index (χ3n) is 3.47. The molecule has 0 saturated heterocycles. The zero-order valence-electron chi connectivity index (χ0n) is 11.7. The van der Waals surface area contributed by atoms with Gasteiger partial charge in [-0.15, -0.1) is 0 Å². The largest absolute Gasteiger partial charge is 0.468 e. The van der Waals surface area contributed by atoms with Crippen LogP contribution in [0.2, 0.25) is 0 Å². The van der Waals surface area contributed by atoms with Crippen LogP contribution in [-0.2, 0) is 22.6 Å². The van der Waals surface area contributed by atoms with Crippen molar-refractivity contribution in [2.24, 2.45) is 0 Å². The molecule has 1 heterocycles. The van der Waals surface area contributed by atoms with Gasteiger partial charge >= 0.3 is 5.97 Å². The molecule has 4 nitrogen and oxygen atoms in total. The molecular formula is C15H22N2O2. The number of fused-ring (bicyclic) bond motifs is 1. The molecular weight excluding hydrogens is 240 g/mol. The van der Waals surface area contributed by atoms with E-state index in [2.05, 4.69) is 41.4 Å². The molecule has 1 aliphatic rings. The zero-order valence-corrected chi connectivity index (χ0v) is 11.7. The molecule has 0 spiro atoms. The van der Waals surface area contributed by atoms with Crippen LogP contribution in [0.5, 0.6) is 0 Å². The number of methoxy groups -OCH3 is 1. The van der Waals surface area contributed by atoms with Gasteiger partial charge in [-0.25, -0.2) is 0 Å². The highest BCUT2D eigenvalue weighted by Crippen LogP contribution is 2.22. The number of nitrogens with zero attached hydrogens (tertiary/aromatic N) is 1. The molecule has 0 fully saturated rings. The molecule has 0 bridgehead atoms. The second-order valence-electron chi connectivity index (χ2n) is 4.97. The summed E-state index contributed by atoms with van der Waals surface area (Å²) in [6.07, 6.45) is 1.01. The molecule has 19 heavy (non-hydrogen) atoms. The summed E-state index contributed by atoms with van der Waals surface area (Å²) in [6, 6.07) is 8.20. The SMILES string of the molecule is CCCNC(CN1Cc2ccccc2C1)C(=O)OC. The molecule has 104 valence electrons. The number of carbonyl (C=O) groups is 1. The van der Waals surface area contributed by atoms with Crippen molar-refractivity contribution < 1.29 is 9.53 Å². The van der Waals surface area contributed by atoms with Gasteiger partial charge < -0.3 is 10.1 Å². The summed E-state index contributed by atoms with van der Waals surface area (Å²) < 4.78 is 4.87. The predicted octanol–water partition coefficient (Wildman–Crippen LogP) is 1.54. The standard InChI is InChI=1S/C15H22N2O2/c1-3-8-16-14(15(18)19-2)11-17-9-12-6-4-5-7-13(12)10-17/h4-7,14,16H,3,8-11H2,1-2H3. The highest BCUT2D eigenvalue weighted by molar-refractivity contribution is 5.75. The molecule has 0 radical (unpaired) electrons. The molecule has 4 heteroatoms. The highest BCUT2D eigenvalue weighted by atomic mass is 16.5. The topological polar surface area (TPSA) is 41.6 Å². The lowest BCUT2D eigenvalue weighted by atomic mass is 10.1. The Bertz CT molecular complexity index is 409. The Morgan fingerprint density at radius 1 is 1.37 bits per heavy atom. The molecule has 2 rings (SSSR count). The molecule has 0 amide bonds. The van der Waals surface area contributed by atoms with Crippen LogP contribution in [-0.4, -0.2) is 37.1 Å². The van der Waals surface area contributed by atoms with E-state index < -0.39 is 0 Å². The van der Waals surface area contributed by atoms with Crippen LogP contribution in [0.25, 0.3) is 0 Å². The van der Waals surface area contributed by atoms with Crippen molar-refractivity contribution in [1.29, 1.82) is 0 Å². The minimum atomic E-state index is -0.237. The van der Waals surface area contributed by atoms with E-state index in [1.807, 2.05) is 0 Å². The Morgan fingerprint density at radius 3 is 2.53 bits per heavy atom. The van der Waals surface area contributed by atoms with Gasteiger partial charge in [0, 0.05) is 19.6 Å². The van der Waals surface area contributed by atoms with Gasteiger partial charge in [0.15, 0.2) is 0 Å². The van der Waals surface area contributed by atoms with Crippen LogP contribution in [0.15, 0.2) is 24.3 Å². The Hall–Kier alpha value is -1.39. The van der Waals surface area contributed by atoms with Crippen LogP contribution in [0.3, 0.4) is 0 Å². The summed E-state index contributed by atoms with van der Waals surface area (Å²) in [5.41, 5.74) is 2.73. The van der Waals surface area contributed by atoms with Gasteiger partial charge in [0.2, 0.25) is 0 Å². The average molecular weight is 262 g/mol. The monoisotopic (exact) mass is 262 g/mol. The number of hydrogen-bond donors (Lipinski definition) is 1. The van der Waals surface area contributed by atoms with Crippen molar-refractivity contribution in [3.05, 3.63) is 35.4 Å². The van der Waals surface area contributed by atoms with E-state index in [4.69, 9.17) is 4.74 Å². The van der Waals surface area contributed by atoms with E-state index in [0.29, 0.717) is 6.54 Å². The normalized spacial score (nSPS) is 16.1. The van der Waals surface area contributed by atoms with Gasteiger partial charge in [0.1, 0.15) is 6.04 Å². The van der Waals surface area contributed by atoms with Crippen LogP contribution >= 0.6 is 0 Å². The lowest BCUT2D eigenvalue weighted by Gasteiger charge is -2.22. The Labute approximate surface area is 114 Å². The number of esters is 1. The van der Waals surface area contributed by atoms with Crippen molar-refractivity contribution in [3.63, 3.8) is 0 Å². The van der Waals surface area contributed by atoms with Crippen LogP contribution < -0.4 is 5.32 Å². The van der Waals surface area contributed by atoms with Crippen molar-refractivity contribution in [2.45, 2.75) is 32.5 Å². The van der Waals surface area contributed by atoms with Gasteiger partial charge in [0.25, 0.3) is 0 Å². The molecule has 1 aliphatic heterocycles. The second kappa shape index (κ2) is 6.68. The Morgan fingerprint density at radius 2 is 2.00 bits per heavy atom. The molecule has 1 N–H and O–H groups in total. The second-order valence-corrected chi connectivity index (χ2v) is 4.97. The summed E-state index contributed by atoms with van der Waals surface area (Å²) in [7, 11) is 1.45. The lowest BCUT2D eigenvalue weighted by Crippen LogP contribution is -2.45. The van der Waals surface area contributed by atoms with Crippen LogP contribution in [0, 0.1) is 0 Å². The quantitative estimate of drug-likeness (QED) is 0.790. The maximum absolute atomic E-state index is 11.8. The summed E-state index contributed by atoms with van der Waals surface area (Å²) in [5.74, 6) is -0.176. The molecule has 1 aromatic rings. The number of benzene rings is 1. The van der Waals surface area contributed by atoms with Gasteiger partial charge in [-0.1, -0.05) is 31.2 Å². The summed E-state index contributed by atoms with van der Waals surface area (Å²) in [6.45, 7) is 5.45. The highest BCUT2D eigenvalue weighted by Gasteiger charge is 2.25. The summed E-state index contributed by atoms with van der Waals surface area (Å²) in [5, 5.41) is 3.26. The lowest BCUT2D eigenvalue weighted by molar-refractivity contribution is -0.143. The first-order valence-corrected chi connectivity index (χ1v) is 6.85. The van der Waals surface area contributed by atoms with Crippen molar-refractivity contribution in [3.8, 4) is 0 Å². The number of hydrogen-bond acceptors (Lipinski definition) is 4. The first-order chi connectivity index (χ1) is 9.24.